The van der Waals surface area contributed by atoms with Crippen molar-refractivity contribution in [3.05, 3.63) is 158 Å². The smallest absolute Gasteiger partial charge is 0.462 e. The molecule has 1 N–H and O–H groups in total. The SMILES string of the molecule is CC/C=C\C/C=C\C/C=C\C/C=C\C/C=C\C/C=C\C/C=C\C/C=C\C/C=C\C/C=C\C/C=C\CCCCCCCC(=O)OC(COC(=O)CCCCCCCCC/C=C\C/C=C\CCCCCC)COP(=O)(O)OCC[N+](C)(C)C. The average molecular weight is 1140 g/mol. The van der Waals surface area contributed by atoms with Gasteiger partial charge in [0.15, 0.2) is 6.10 Å². The second-order valence-electron chi connectivity index (χ2n) is 21.7. The molecule has 2 atom stereocenters. The molecule has 0 aliphatic rings. The molecule has 0 aromatic rings. The lowest BCUT2D eigenvalue weighted by Crippen LogP contribution is -2.37. The van der Waals surface area contributed by atoms with Crippen LogP contribution in [0, 0.1) is 0 Å². The third-order valence-electron chi connectivity index (χ3n) is 12.8. The summed E-state index contributed by atoms with van der Waals surface area (Å²) in [4.78, 5) is 35.7. The molecule has 0 fully saturated rings. The first kappa shape index (κ1) is 76.6. The predicted octanol–water partition coefficient (Wildman–Crippen LogP) is 20.4. The van der Waals surface area contributed by atoms with E-state index in [9.17, 15) is 19.0 Å². The van der Waals surface area contributed by atoms with Gasteiger partial charge < -0.3 is 18.9 Å². The van der Waals surface area contributed by atoms with Crippen molar-refractivity contribution in [2.75, 3.05) is 47.5 Å². The van der Waals surface area contributed by atoms with Crippen LogP contribution in [-0.2, 0) is 32.7 Å². The topological polar surface area (TPSA) is 108 Å². The summed E-state index contributed by atoms with van der Waals surface area (Å²) in [6.07, 6.45) is 90.3. The number of hydrogen-bond acceptors (Lipinski definition) is 7. The van der Waals surface area contributed by atoms with Crippen LogP contribution in [0.2, 0.25) is 0 Å². The van der Waals surface area contributed by atoms with E-state index in [-0.39, 0.29) is 32.0 Å². The quantitative estimate of drug-likeness (QED) is 0.0211. The number of phosphoric acid groups is 1. The van der Waals surface area contributed by atoms with E-state index in [2.05, 4.69) is 172 Å². The summed E-state index contributed by atoms with van der Waals surface area (Å²) in [6, 6.07) is 0. The summed E-state index contributed by atoms with van der Waals surface area (Å²) in [5.41, 5.74) is 0. The minimum atomic E-state index is -4.41. The zero-order chi connectivity index (χ0) is 59.1. The third kappa shape index (κ3) is 64.7. The summed E-state index contributed by atoms with van der Waals surface area (Å²) in [5.74, 6) is -0.839. The number of likely N-dealkylation sites (N-methyl/N-ethyl adjacent to an activating group) is 1. The normalized spacial score (nSPS) is 14.3. The van der Waals surface area contributed by atoms with Crippen molar-refractivity contribution in [1.82, 2.24) is 0 Å². The van der Waals surface area contributed by atoms with Crippen molar-refractivity contribution in [3.63, 3.8) is 0 Å². The Hall–Kier alpha value is -4.37. The Bertz CT molecular complexity index is 1920. The maximum Gasteiger partial charge on any atom is 0.472 e. The van der Waals surface area contributed by atoms with E-state index in [1.165, 1.54) is 51.4 Å². The first-order chi connectivity index (χ1) is 39.5. The van der Waals surface area contributed by atoms with E-state index in [0.717, 1.165) is 141 Å². The van der Waals surface area contributed by atoms with Gasteiger partial charge >= 0.3 is 19.8 Å². The Balaban J connectivity index is 4.21. The van der Waals surface area contributed by atoms with E-state index in [1.54, 1.807) is 0 Å². The number of carbonyl (C=O) groups excluding carboxylic acids is 2. The molecule has 0 heterocycles. The maximum absolute atomic E-state index is 12.8. The Morgan fingerprint density at radius 3 is 1.05 bits per heavy atom. The fourth-order valence-corrected chi connectivity index (χ4v) is 8.67. The number of hydrogen-bond donors (Lipinski definition) is 1. The molecule has 0 rings (SSSR count). The molecule has 0 bridgehead atoms. The first-order valence-corrected chi connectivity index (χ1v) is 33.2. The van der Waals surface area contributed by atoms with E-state index in [0.29, 0.717) is 17.4 Å². The summed E-state index contributed by atoms with van der Waals surface area (Å²) in [7, 11) is 1.44. The Kier molecular flexibility index (Phi) is 57.0. The number of phosphoric ester groups is 1. The number of quaternary nitrogens is 1. The van der Waals surface area contributed by atoms with Gasteiger partial charge in [0.05, 0.1) is 27.7 Å². The molecular weight excluding hydrogens is 1030 g/mol. The van der Waals surface area contributed by atoms with E-state index < -0.39 is 26.5 Å². The standard InChI is InChI=1S/C71H116NO8P/c1-6-8-10-12-14-16-18-20-22-24-26-27-28-29-30-31-32-33-34-35-36-37-38-39-40-41-42-43-44-45-46-48-50-52-54-56-58-60-62-64-71(74)80-69(68-79-81(75,76)78-66-65-72(3,4)5)67-77-70(73)63-61-59-57-55-53-51-49-47-25-23-21-19-17-15-13-11-9-7-2/h8,10,14,16-17,19-20,22-23,25-27,29-30,32-33,35-36,38-39,41-42,44-45,48,50,69H,6-7,9,11-13,15,18,21,24,28,31,34,37,40,43,46-47,49,51-68H2,1-5H3/p+1/b10-8-,16-14-,19-17-,22-20-,25-23-,27-26-,30-29-,33-32-,36-35-,39-38-,42-41-,45-44-,50-48-. The van der Waals surface area contributed by atoms with Crippen LogP contribution in [0.25, 0.3) is 0 Å². The van der Waals surface area contributed by atoms with Gasteiger partial charge in [0.1, 0.15) is 19.8 Å². The lowest BCUT2D eigenvalue weighted by Gasteiger charge is -2.24. The molecule has 0 spiro atoms. The molecule has 9 nitrogen and oxygen atoms in total. The highest BCUT2D eigenvalue weighted by atomic mass is 31.2. The van der Waals surface area contributed by atoms with Crippen LogP contribution in [0.15, 0.2) is 158 Å². The second-order valence-corrected chi connectivity index (χ2v) is 23.2. The molecule has 0 amide bonds. The molecule has 0 aromatic heterocycles. The lowest BCUT2D eigenvalue weighted by atomic mass is 10.1. The monoisotopic (exact) mass is 1140 g/mol. The summed E-state index contributed by atoms with van der Waals surface area (Å²) in [6.45, 7) is 4.25. The van der Waals surface area contributed by atoms with Crippen molar-refractivity contribution in [3.8, 4) is 0 Å². The van der Waals surface area contributed by atoms with Crippen molar-refractivity contribution in [2.24, 2.45) is 0 Å². The van der Waals surface area contributed by atoms with Crippen LogP contribution >= 0.6 is 7.82 Å². The van der Waals surface area contributed by atoms with Crippen LogP contribution in [-0.4, -0.2) is 74.9 Å². The highest BCUT2D eigenvalue weighted by Gasteiger charge is 2.27. The molecule has 458 valence electrons. The zero-order valence-corrected chi connectivity index (χ0v) is 52.8. The van der Waals surface area contributed by atoms with E-state index in [1.807, 2.05) is 21.1 Å². The van der Waals surface area contributed by atoms with Gasteiger partial charge in [-0.25, -0.2) is 4.57 Å². The minimum Gasteiger partial charge on any atom is -0.462 e. The van der Waals surface area contributed by atoms with Gasteiger partial charge in [0.25, 0.3) is 0 Å². The zero-order valence-electron chi connectivity index (χ0n) is 52.0. The highest BCUT2D eigenvalue weighted by Crippen LogP contribution is 2.43. The van der Waals surface area contributed by atoms with Crippen LogP contribution in [0.5, 0.6) is 0 Å². The Labute approximate surface area is 496 Å². The van der Waals surface area contributed by atoms with E-state index in [4.69, 9.17) is 18.5 Å². The Morgan fingerprint density at radius 2 is 0.704 bits per heavy atom. The number of carbonyl (C=O) groups is 2. The van der Waals surface area contributed by atoms with Crippen molar-refractivity contribution in [1.29, 1.82) is 0 Å². The Morgan fingerprint density at radius 1 is 0.395 bits per heavy atom. The molecule has 0 aliphatic heterocycles. The molecule has 2 unspecified atom stereocenters. The van der Waals surface area contributed by atoms with Crippen molar-refractivity contribution >= 4 is 19.8 Å². The molecule has 0 aromatic carbocycles. The molecular formula is C71H117NO8P+. The lowest BCUT2D eigenvalue weighted by molar-refractivity contribution is -0.870. The van der Waals surface area contributed by atoms with Crippen LogP contribution < -0.4 is 0 Å². The number of nitrogens with zero attached hydrogens (tertiary/aromatic N) is 1. The molecule has 81 heavy (non-hydrogen) atoms. The second kappa shape index (κ2) is 60.2. The highest BCUT2D eigenvalue weighted by molar-refractivity contribution is 7.47. The predicted molar refractivity (Wildman–Crippen MR) is 348 cm³/mol. The third-order valence-corrected chi connectivity index (χ3v) is 13.8. The van der Waals surface area contributed by atoms with Gasteiger partial charge in [-0.3, -0.25) is 18.6 Å². The number of unbranched alkanes of at least 4 members (excludes halogenated alkanes) is 16. The fraction of sp³-hybridized carbons (Fsp3) is 0.606. The molecule has 10 heteroatoms. The molecule has 0 radical (unpaired) electrons. The van der Waals surface area contributed by atoms with Crippen LogP contribution in [0.3, 0.4) is 0 Å². The van der Waals surface area contributed by atoms with E-state index >= 15 is 0 Å². The molecule has 0 saturated heterocycles. The van der Waals surface area contributed by atoms with Gasteiger partial charge in [-0.05, 0) is 128 Å². The number of allylic oxidation sites excluding steroid dienone is 26. The molecule has 0 saturated carbocycles. The average Bonchev–Trinajstić information content (AvgIpc) is 3.43. The maximum atomic E-state index is 12.8. The van der Waals surface area contributed by atoms with Gasteiger partial charge in [0.2, 0.25) is 0 Å². The van der Waals surface area contributed by atoms with Gasteiger partial charge in [-0.1, -0.05) is 242 Å². The van der Waals surface area contributed by atoms with Crippen LogP contribution in [0.1, 0.15) is 226 Å². The number of ether oxygens (including phenoxy) is 2. The number of esters is 2. The van der Waals surface area contributed by atoms with Gasteiger partial charge in [-0.15, -0.1) is 0 Å². The molecule has 0 aliphatic carbocycles. The van der Waals surface area contributed by atoms with Gasteiger partial charge in [-0.2, -0.15) is 0 Å². The minimum absolute atomic E-state index is 0.0178. The summed E-state index contributed by atoms with van der Waals surface area (Å²) in [5, 5.41) is 0. The van der Waals surface area contributed by atoms with Crippen molar-refractivity contribution < 1.29 is 42.1 Å². The number of rotatable bonds is 56. The summed E-state index contributed by atoms with van der Waals surface area (Å²) >= 11 is 0. The fourth-order valence-electron chi connectivity index (χ4n) is 7.93. The van der Waals surface area contributed by atoms with Crippen LogP contribution in [0.4, 0.5) is 0 Å². The summed E-state index contributed by atoms with van der Waals surface area (Å²) < 4.78 is 34.6. The van der Waals surface area contributed by atoms with Crippen molar-refractivity contribution in [2.45, 2.75) is 232 Å². The van der Waals surface area contributed by atoms with Gasteiger partial charge in [0, 0.05) is 12.8 Å². The largest absolute Gasteiger partial charge is 0.472 e. The first-order valence-electron chi connectivity index (χ1n) is 31.7.